The van der Waals surface area contributed by atoms with Crippen molar-refractivity contribution in [1.82, 2.24) is 0 Å². The second-order valence-corrected chi connectivity index (χ2v) is 2.74. The van der Waals surface area contributed by atoms with Crippen molar-refractivity contribution in [1.29, 1.82) is 0 Å². The van der Waals surface area contributed by atoms with Crippen molar-refractivity contribution in [2.45, 2.75) is 0 Å². The van der Waals surface area contributed by atoms with Crippen molar-refractivity contribution in [2.75, 3.05) is 7.11 Å². The molecule has 0 aliphatic rings. The lowest BCUT2D eigenvalue weighted by Gasteiger charge is -1.95. The van der Waals surface area contributed by atoms with Gasteiger partial charge in [0.2, 0.25) is 0 Å². The van der Waals surface area contributed by atoms with E-state index in [1.807, 2.05) is 18.2 Å². The molecule has 1 nitrogen and oxygen atoms in total. The summed E-state index contributed by atoms with van der Waals surface area (Å²) in [6.45, 7) is 0. The molecule has 1 aromatic carbocycles. The summed E-state index contributed by atoms with van der Waals surface area (Å²) in [6.07, 6.45) is 0. The molecule has 0 unspecified atom stereocenters. The van der Waals surface area contributed by atoms with Crippen LogP contribution in [0.2, 0.25) is 0 Å². The van der Waals surface area contributed by atoms with E-state index < -0.39 is 0 Å². The SMILES string of the molecule is COc1c[c]c(I)cc1. The Kier molecular flexibility index (Phi) is 2.33. The van der Waals surface area contributed by atoms with Gasteiger partial charge in [-0.15, -0.1) is 0 Å². The van der Waals surface area contributed by atoms with Crippen molar-refractivity contribution in [3.63, 3.8) is 0 Å². The van der Waals surface area contributed by atoms with Crippen LogP contribution in [0.3, 0.4) is 0 Å². The monoisotopic (exact) mass is 233 g/mol. The highest BCUT2D eigenvalue weighted by Crippen LogP contribution is 2.11. The second-order valence-electron chi connectivity index (χ2n) is 1.58. The van der Waals surface area contributed by atoms with E-state index in [9.17, 15) is 0 Å². The molecule has 1 rings (SSSR count). The van der Waals surface area contributed by atoms with Gasteiger partial charge in [-0.3, -0.25) is 0 Å². The molecule has 47 valence electrons. The van der Waals surface area contributed by atoms with Gasteiger partial charge < -0.3 is 4.74 Å². The second kappa shape index (κ2) is 3.06. The maximum atomic E-state index is 4.93. The van der Waals surface area contributed by atoms with Gasteiger partial charge in [-0.2, -0.15) is 0 Å². The smallest absolute Gasteiger partial charge is 0.119 e. The Morgan fingerprint density at radius 1 is 1.56 bits per heavy atom. The summed E-state index contributed by atoms with van der Waals surface area (Å²) in [7, 11) is 1.65. The molecule has 2 heteroatoms. The van der Waals surface area contributed by atoms with Gasteiger partial charge in [0.25, 0.3) is 0 Å². The molecule has 0 aliphatic carbocycles. The molecule has 0 aliphatic heterocycles. The molecule has 0 spiro atoms. The molecular formula is C7H6IO. The van der Waals surface area contributed by atoms with E-state index in [4.69, 9.17) is 4.74 Å². The highest BCUT2D eigenvalue weighted by atomic mass is 127. The molecular weight excluding hydrogens is 227 g/mol. The first-order valence-corrected chi connectivity index (χ1v) is 3.62. The summed E-state index contributed by atoms with van der Waals surface area (Å²) in [6, 6.07) is 8.71. The number of hydrogen-bond acceptors (Lipinski definition) is 1. The van der Waals surface area contributed by atoms with E-state index in [0.29, 0.717) is 0 Å². The van der Waals surface area contributed by atoms with Crippen molar-refractivity contribution in [2.24, 2.45) is 0 Å². The normalized spacial score (nSPS) is 9.11. The standard InChI is InChI=1S/C7H6IO/c1-9-7-4-2-6(8)3-5-7/h2,4-5H,1H3. The minimum absolute atomic E-state index is 0.857. The Morgan fingerprint density at radius 3 is 2.78 bits per heavy atom. The molecule has 0 heterocycles. The zero-order valence-corrected chi connectivity index (χ0v) is 7.18. The van der Waals surface area contributed by atoms with Gasteiger partial charge in [-0.1, -0.05) is 0 Å². The van der Waals surface area contributed by atoms with Crippen molar-refractivity contribution >= 4 is 22.6 Å². The summed E-state index contributed by atoms with van der Waals surface area (Å²) in [5, 5.41) is 0. The van der Waals surface area contributed by atoms with Gasteiger partial charge in [0.1, 0.15) is 5.75 Å². The molecule has 0 atom stereocenters. The summed E-state index contributed by atoms with van der Waals surface area (Å²) in [5.74, 6) is 0.857. The Bertz CT molecular complexity index is 181. The zero-order chi connectivity index (χ0) is 6.69. The molecule has 0 saturated carbocycles. The van der Waals surface area contributed by atoms with E-state index in [2.05, 4.69) is 28.7 Å². The molecule has 0 bridgehead atoms. The van der Waals surface area contributed by atoms with E-state index in [1.54, 1.807) is 7.11 Å². The minimum Gasteiger partial charge on any atom is -0.497 e. The van der Waals surface area contributed by atoms with E-state index in [-0.39, 0.29) is 0 Å². The fraction of sp³-hybridized carbons (Fsp3) is 0.143. The first-order chi connectivity index (χ1) is 4.33. The molecule has 1 radical (unpaired) electrons. The Hall–Kier alpha value is -0.250. The highest BCUT2D eigenvalue weighted by molar-refractivity contribution is 14.1. The lowest BCUT2D eigenvalue weighted by molar-refractivity contribution is 0.414. The van der Waals surface area contributed by atoms with Crippen LogP contribution in [0, 0.1) is 9.64 Å². The molecule has 0 N–H and O–H groups in total. The molecule has 9 heavy (non-hydrogen) atoms. The maximum Gasteiger partial charge on any atom is 0.119 e. The van der Waals surface area contributed by atoms with Crippen LogP contribution < -0.4 is 4.74 Å². The fourth-order valence-corrected chi connectivity index (χ4v) is 0.854. The van der Waals surface area contributed by atoms with Crippen LogP contribution in [-0.4, -0.2) is 7.11 Å². The maximum absolute atomic E-state index is 4.93. The minimum atomic E-state index is 0.857. The first kappa shape index (κ1) is 6.86. The van der Waals surface area contributed by atoms with Gasteiger partial charge in [0.05, 0.1) is 7.11 Å². The summed E-state index contributed by atoms with van der Waals surface area (Å²) in [4.78, 5) is 0. The number of halogens is 1. The van der Waals surface area contributed by atoms with Crippen molar-refractivity contribution in [3.05, 3.63) is 27.8 Å². The van der Waals surface area contributed by atoms with Crippen LogP contribution in [-0.2, 0) is 0 Å². The number of rotatable bonds is 1. The van der Waals surface area contributed by atoms with Gasteiger partial charge >= 0.3 is 0 Å². The third-order valence-electron chi connectivity index (χ3n) is 0.982. The predicted octanol–water partition coefficient (Wildman–Crippen LogP) is 2.10. The van der Waals surface area contributed by atoms with Gasteiger partial charge in [-0.05, 0) is 46.9 Å². The quantitative estimate of drug-likeness (QED) is 0.675. The zero-order valence-electron chi connectivity index (χ0n) is 5.02. The van der Waals surface area contributed by atoms with E-state index in [1.165, 1.54) is 0 Å². The highest BCUT2D eigenvalue weighted by Gasteiger charge is 1.87. The van der Waals surface area contributed by atoms with Crippen LogP contribution in [0.15, 0.2) is 18.2 Å². The first-order valence-electron chi connectivity index (χ1n) is 2.54. The predicted molar refractivity (Wildman–Crippen MR) is 44.5 cm³/mol. The summed E-state index contributed by atoms with van der Waals surface area (Å²) in [5.41, 5.74) is 0. The van der Waals surface area contributed by atoms with Crippen LogP contribution in [0.1, 0.15) is 0 Å². The fourth-order valence-electron chi connectivity index (χ4n) is 0.519. The number of ether oxygens (including phenoxy) is 1. The summed E-state index contributed by atoms with van der Waals surface area (Å²) < 4.78 is 6.04. The number of methoxy groups -OCH3 is 1. The Balaban J connectivity index is 2.88. The van der Waals surface area contributed by atoms with Crippen molar-refractivity contribution in [3.8, 4) is 5.75 Å². The average molecular weight is 233 g/mol. The average Bonchev–Trinajstić information content (AvgIpc) is 1.90. The largest absolute Gasteiger partial charge is 0.497 e. The number of hydrogen-bond donors (Lipinski definition) is 0. The molecule has 0 amide bonds. The van der Waals surface area contributed by atoms with Crippen LogP contribution in [0.4, 0.5) is 0 Å². The molecule has 0 fully saturated rings. The van der Waals surface area contributed by atoms with Crippen LogP contribution in [0.5, 0.6) is 5.75 Å². The Morgan fingerprint density at radius 2 is 2.33 bits per heavy atom. The third-order valence-corrected chi connectivity index (χ3v) is 1.65. The lowest BCUT2D eigenvalue weighted by atomic mass is 10.3. The molecule has 0 saturated heterocycles. The van der Waals surface area contributed by atoms with Gasteiger partial charge in [0.15, 0.2) is 0 Å². The topological polar surface area (TPSA) is 9.23 Å². The van der Waals surface area contributed by atoms with Gasteiger partial charge in [-0.25, -0.2) is 0 Å². The van der Waals surface area contributed by atoms with Crippen LogP contribution in [0.25, 0.3) is 0 Å². The molecule has 1 aromatic rings. The van der Waals surface area contributed by atoms with Gasteiger partial charge in [0, 0.05) is 3.57 Å². The van der Waals surface area contributed by atoms with E-state index >= 15 is 0 Å². The summed E-state index contributed by atoms with van der Waals surface area (Å²) >= 11 is 2.20. The Labute approximate surface area is 68.2 Å². The van der Waals surface area contributed by atoms with Crippen LogP contribution >= 0.6 is 22.6 Å². The molecule has 0 aromatic heterocycles. The van der Waals surface area contributed by atoms with Crippen molar-refractivity contribution < 1.29 is 4.74 Å². The lowest BCUT2D eigenvalue weighted by Crippen LogP contribution is -1.80. The number of benzene rings is 1. The third kappa shape index (κ3) is 1.86. The van der Waals surface area contributed by atoms with E-state index in [0.717, 1.165) is 9.32 Å².